The number of likely N-dealkylation sites (tertiary alicyclic amines) is 1. The van der Waals surface area contributed by atoms with E-state index < -0.39 is 24.0 Å². The quantitative estimate of drug-likeness (QED) is 0.826. The molecule has 1 heterocycles. The fourth-order valence-electron chi connectivity index (χ4n) is 3.29. The number of halogens is 3. The Labute approximate surface area is 155 Å². The van der Waals surface area contributed by atoms with Crippen LogP contribution in [-0.2, 0) is 17.9 Å². The molecule has 2 atom stereocenters. The minimum absolute atomic E-state index is 0.105. The van der Waals surface area contributed by atoms with Crippen LogP contribution < -0.4 is 4.74 Å². The summed E-state index contributed by atoms with van der Waals surface area (Å²) in [7, 11) is 0. The maximum absolute atomic E-state index is 13.1. The highest BCUT2D eigenvalue weighted by molar-refractivity contribution is 5.71. The molecule has 0 amide bonds. The van der Waals surface area contributed by atoms with Crippen LogP contribution in [0.2, 0.25) is 0 Å². The fourth-order valence-corrected chi connectivity index (χ4v) is 3.29. The predicted molar refractivity (Wildman–Crippen MR) is 93.2 cm³/mol. The maximum Gasteiger partial charge on any atom is 0.393 e. The van der Waals surface area contributed by atoms with Gasteiger partial charge >= 0.3 is 12.1 Å². The third-order valence-electron chi connectivity index (χ3n) is 4.71. The Balaban J connectivity index is 1.57. The van der Waals surface area contributed by atoms with Gasteiger partial charge in [-0.1, -0.05) is 42.5 Å². The first-order valence-electron chi connectivity index (χ1n) is 8.60. The van der Waals surface area contributed by atoms with Gasteiger partial charge in [0.15, 0.2) is 0 Å². The lowest BCUT2D eigenvalue weighted by Crippen LogP contribution is -2.33. The Morgan fingerprint density at radius 3 is 2.26 bits per heavy atom. The number of hydrogen-bond donors (Lipinski definition) is 1. The number of ether oxygens (including phenoxy) is 1. The van der Waals surface area contributed by atoms with Crippen LogP contribution in [0.3, 0.4) is 0 Å². The Morgan fingerprint density at radius 2 is 1.70 bits per heavy atom. The molecule has 2 aromatic rings. The molecule has 7 heteroatoms. The lowest BCUT2D eigenvalue weighted by molar-refractivity contribution is -0.188. The van der Waals surface area contributed by atoms with E-state index in [-0.39, 0.29) is 19.6 Å². The number of aliphatic carboxylic acids is 1. The van der Waals surface area contributed by atoms with E-state index in [4.69, 9.17) is 9.84 Å². The Kier molecular flexibility index (Phi) is 5.70. The van der Waals surface area contributed by atoms with Gasteiger partial charge in [0.2, 0.25) is 0 Å². The first kappa shape index (κ1) is 19.2. The van der Waals surface area contributed by atoms with Crippen molar-refractivity contribution in [2.24, 2.45) is 11.8 Å². The molecule has 0 spiro atoms. The summed E-state index contributed by atoms with van der Waals surface area (Å²) in [6.07, 6.45) is -4.51. The van der Waals surface area contributed by atoms with E-state index in [1.165, 1.54) is 4.90 Å². The smallest absolute Gasteiger partial charge is 0.393 e. The summed E-state index contributed by atoms with van der Waals surface area (Å²) in [5.74, 6) is -3.98. The molecule has 1 aliphatic heterocycles. The number of benzene rings is 2. The maximum atomic E-state index is 13.1. The zero-order valence-electron chi connectivity index (χ0n) is 14.5. The molecule has 1 saturated heterocycles. The zero-order chi connectivity index (χ0) is 19.4. The summed E-state index contributed by atoms with van der Waals surface area (Å²) in [4.78, 5) is 12.7. The van der Waals surface area contributed by atoms with Crippen molar-refractivity contribution in [3.8, 4) is 5.75 Å². The molecule has 0 radical (unpaired) electrons. The summed E-state index contributed by atoms with van der Waals surface area (Å²) in [5.41, 5.74) is 1.85. The van der Waals surface area contributed by atoms with Crippen molar-refractivity contribution in [2.45, 2.75) is 19.3 Å². The van der Waals surface area contributed by atoms with Crippen molar-refractivity contribution in [3.05, 3.63) is 65.7 Å². The van der Waals surface area contributed by atoms with E-state index in [1.807, 2.05) is 30.3 Å². The van der Waals surface area contributed by atoms with Crippen LogP contribution in [0.5, 0.6) is 5.75 Å². The second-order valence-electron chi connectivity index (χ2n) is 6.71. The van der Waals surface area contributed by atoms with Gasteiger partial charge in [0.1, 0.15) is 12.4 Å². The molecular weight excluding hydrogens is 359 g/mol. The van der Waals surface area contributed by atoms with Gasteiger partial charge in [0, 0.05) is 19.6 Å². The normalized spacial score (nSPS) is 20.6. The number of rotatable bonds is 6. The highest BCUT2D eigenvalue weighted by Crippen LogP contribution is 2.38. The minimum atomic E-state index is -4.51. The van der Waals surface area contributed by atoms with Gasteiger partial charge in [-0.3, -0.25) is 9.69 Å². The molecule has 27 heavy (non-hydrogen) atoms. The second-order valence-corrected chi connectivity index (χ2v) is 6.71. The number of nitrogens with zero attached hydrogens (tertiary/aromatic N) is 1. The van der Waals surface area contributed by atoms with Gasteiger partial charge in [-0.15, -0.1) is 0 Å². The van der Waals surface area contributed by atoms with Crippen LogP contribution in [-0.4, -0.2) is 35.2 Å². The summed E-state index contributed by atoms with van der Waals surface area (Å²) >= 11 is 0. The summed E-state index contributed by atoms with van der Waals surface area (Å²) in [6, 6.07) is 16.8. The van der Waals surface area contributed by atoms with Gasteiger partial charge in [-0.2, -0.15) is 13.2 Å². The van der Waals surface area contributed by atoms with Crippen LogP contribution in [0.1, 0.15) is 11.1 Å². The molecule has 144 valence electrons. The Bertz CT molecular complexity index is 762. The van der Waals surface area contributed by atoms with Crippen LogP contribution in [0.15, 0.2) is 54.6 Å². The van der Waals surface area contributed by atoms with Crippen molar-refractivity contribution < 1.29 is 27.8 Å². The molecule has 0 saturated carbocycles. The van der Waals surface area contributed by atoms with Gasteiger partial charge in [-0.05, 0) is 23.3 Å². The SMILES string of the molecule is O=C(O)[C@@H]1CN(Cc2ccc(OCc3ccccc3)cc2)C[C@H]1C(F)(F)F. The molecule has 1 fully saturated rings. The first-order chi connectivity index (χ1) is 12.8. The third-order valence-corrected chi connectivity index (χ3v) is 4.71. The van der Waals surface area contributed by atoms with E-state index >= 15 is 0 Å². The van der Waals surface area contributed by atoms with Crippen LogP contribution in [0.4, 0.5) is 13.2 Å². The highest BCUT2D eigenvalue weighted by Gasteiger charge is 2.52. The first-order valence-corrected chi connectivity index (χ1v) is 8.60. The molecule has 1 N–H and O–H groups in total. The molecule has 1 aliphatic rings. The molecule has 0 bridgehead atoms. The average molecular weight is 379 g/mol. The number of hydrogen-bond acceptors (Lipinski definition) is 3. The molecule has 0 unspecified atom stereocenters. The van der Waals surface area contributed by atoms with Gasteiger partial charge in [-0.25, -0.2) is 0 Å². The van der Waals surface area contributed by atoms with E-state index in [0.717, 1.165) is 11.1 Å². The number of alkyl halides is 3. The predicted octanol–water partition coefficient (Wildman–Crippen LogP) is 3.96. The summed E-state index contributed by atoms with van der Waals surface area (Å²) in [5, 5.41) is 9.08. The lowest BCUT2D eigenvalue weighted by Gasteiger charge is -2.18. The van der Waals surface area contributed by atoms with Crippen molar-refractivity contribution >= 4 is 5.97 Å². The van der Waals surface area contributed by atoms with E-state index in [0.29, 0.717) is 12.4 Å². The van der Waals surface area contributed by atoms with E-state index in [2.05, 4.69) is 0 Å². The molecule has 0 aromatic heterocycles. The number of carboxylic acids is 1. The van der Waals surface area contributed by atoms with Gasteiger partial charge < -0.3 is 9.84 Å². The molecule has 0 aliphatic carbocycles. The van der Waals surface area contributed by atoms with Crippen molar-refractivity contribution in [1.82, 2.24) is 4.90 Å². The molecule has 4 nitrogen and oxygen atoms in total. The lowest BCUT2D eigenvalue weighted by atomic mass is 9.96. The fraction of sp³-hybridized carbons (Fsp3) is 0.350. The van der Waals surface area contributed by atoms with Crippen molar-refractivity contribution in [2.75, 3.05) is 13.1 Å². The zero-order valence-corrected chi connectivity index (χ0v) is 14.5. The monoisotopic (exact) mass is 379 g/mol. The van der Waals surface area contributed by atoms with Crippen molar-refractivity contribution in [1.29, 1.82) is 0 Å². The Morgan fingerprint density at radius 1 is 1.04 bits per heavy atom. The molecule has 2 aromatic carbocycles. The second kappa shape index (κ2) is 8.00. The number of carbonyl (C=O) groups is 1. The standard InChI is InChI=1S/C20H20F3NO3/c21-20(22,23)18-12-24(11-17(18)19(25)26)10-14-6-8-16(9-7-14)27-13-15-4-2-1-3-5-15/h1-9,17-18H,10-13H2,(H,25,26)/t17-,18-/m1/s1. The minimum Gasteiger partial charge on any atom is -0.489 e. The van der Waals surface area contributed by atoms with Crippen molar-refractivity contribution in [3.63, 3.8) is 0 Å². The average Bonchev–Trinajstić information content (AvgIpc) is 3.07. The molecular formula is C20H20F3NO3. The van der Waals surface area contributed by atoms with E-state index in [1.54, 1.807) is 24.3 Å². The largest absolute Gasteiger partial charge is 0.489 e. The summed E-state index contributed by atoms with van der Waals surface area (Å²) in [6.45, 7) is 0.299. The molecule has 3 rings (SSSR count). The van der Waals surface area contributed by atoms with Crippen LogP contribution >= 0.6 is 0 Å². The van der Waals surface area contributed by atoms with Crippen LogP contribution in [0.25, 0.3) is 0 Å². The van der Waals surface area contributed by atoms with Gasteiger partial charge in [0.25, 0.3) is 0 Å². The summed E-state index contributed by atoms with van der Waals surface area (Å²) < 4.78 is 44.9. The highest BCUT2D eigenvalue weighted by atomic mass is 19.4. The Hall–Kier alpha value is -2.54. The third kappa shape index (κ3) is 5.01. The number of carboxylic acid groups (broad SMARTS) is 1. The van der Waals surface area contributed by atoms with Gasteiger partial charge in [0.05, 0.1) is 11.8 Å². The topological polar surface area (TPSA) is 49.8 Å². The van der Waals surface area contributed by atoms with Crippen LogP contribution in [0, 0.1) is 11.8 Å². The van der Waals surface area contributed by atoms with E-state index in [9.17, 15) is 18.0 Å².